The predicted molar refractivity (Wildman–Crippen MR) is 93.6 cm³/mol. The van der Waals surface area contributed by atoms with Gasteiger partial charge in [0.1, 0.15) is 5.82 Å². The van der Waals surface area contributed by atoms with Crippen LogP contribution in [-0.4, -0.2) is 5.91 Å². The Morgan fingerprint density at radius 1 is 0.875 bits per heavy atom. The first-order valence-electron chi connectivity index (χ1n) is 7.50. The Kier molecular flexibility index (Phi) is 4.92. The van der Waals surface area contributed by atoms with Crippen molar-refractivity contribution in [2.24, 2.45) is 0 Å². The van der Waals surface area contributed by atoms with Crippen LogP contribution >= 0.6 is 11.6 Å². The lowest BCUT2D eigenvalue weighted by atomic mass is 9.98. The number of amides is 1. The van der Waals surface area contributed by atoms with E-state index in [1.807, 2.05) is 42.5 Å². The minimum atomic E-state index is -0.439. The molecule has 2 nitrogen and oxygen atoms in total. The van der Waals surface area contributed by atoms with Gasteiger partial charge in [-0.2, -0.15) is 0 Å². The molecule has 1 amide bonds. The van der Waals surface area contributed by atoms with Gasteiger partial charge in [0.25, 0.3) is 5.91 Å². The van der Waals surface area contributed by atoms with Gasteiger partial charge >= 0.3 is 0 Å². The zero-order valence-corrected chi connectivity index (χ0v) is 13.5. The molecule has 3 aromatic rings. The van der Waals surface area contributed by atoms with Gasteiger partial charge in [-0.3, -0.25) is 4.79 Å². The smallest absolute Gasteiger partial charge is 0.252 e. The molecule has 120 valence electrons. The monoisotopic (exact) mass is 339 g/mol. The first kappa shape index (κ1) is 16.2. The third-order valence-electron chi connectivity index (χ3n) is 3.70. The van der Waals surface area contributed by atoms with Crippen LogP contribution in [0.5, 0.6) is 0 Å². The summed E-state index contributed by atoms with van der Waals surface area (Å²) in [5.41, 5.74) is 2.12. The second kappa shape index (κ2) is 7.28. The molecule has 0 saturated heterocycles. The molecule has 0 spiro atoms. The molecule has 1 N–H and O–H groups in total. The molecule has 0 fully saturated rings. The van der Waals surface area contributed by atoms with Crippen molar-refractivity contribution in [3.63, 3.8) is 0 Å². The highest BCUT2D eigenvalue weighted by atomic mass is 35.5. The summed E-state index contributed by atoms with van der Waals surface area (Å²) in [7, 11) is 0. The number of carbonyl (C=O) groups is 1. The Balaban J connectivity index is 1.93. The molecule has 0 unspecified atom stereocenters. The zero-order chi connectivity index (χ0) is 16.9. The summed E-state index contributed by atoms with van der Waals surface area (Å²) in [4.78, 5) is 12.5. The van der Waals surface area contributed by atoms with Crippen molar-refractivity contribution < 1.29 is 9.18 Å². The molecular weight excluding hydrogens is 325 g/mol. The highest BCUT2D eigenvalue weighted by molar-refractivity contribution is 6.30. The van der Waals surface area contributed by atoms with Crippen LogP contribution in [0.1, 0.15) is 27.5 Å². The molecule has 3 aromatic carbocycles. The molecule has 0 heterocycles. The van der Waals surface area contributed by atoms with E-state index in [9.17, 15) is 9.18 Å². The van der Waals surface area contributed by atoms with Crippen LogP contribution < -0.4 is 5.32 Å². The molecule has 0 aliphatic carbocycles. The van der Waals surface area contributed by atoms with Gasteiger partial charge in [0, 0.05) is 10.6 Å². The maximum absolute atomic E-state index is 13.4. The summed E-state index contributed by atoms with van der Waals surface area (Å²) in [6, 6.07) is 22.2. The fourth-order valence-electron chi connectivity index (χ4n) is 2.50. The predicted octanol–water partition coefficient (Wildman–Crippen LogP) is 5.00. The molecule has 0 radical (unpaired) electrons. The molecule has 1 atom stereocenters. The summed E-state index contributed by atoms with van der Waals surface area (Å²) in [6.07, 6.45) is 0. The van der Waals surface area contributed by atoms with Crippen molar-refractivity contribution in [1.29, 1.82) is 0 Å². The fourth-order valence-corrected chi connectivity index (χ4v) is 2.63. The van der Waals surface area contributed by atoms with Gasteiger partial charge in [0.2, 0.25) is 0 Å². The largest absolute Gasteiger partial charge is 0.341 e. The van der Waals surface area contributed by atoms with E-state index in [4.69, 9.17) is 11.6 Å². The van der Waals surface area contributed by atoms with E-state index in [-0.39, 0.29) is 17.5 Å². The molecular formula is C20H15ClFNO. The molecule has 0 aliphatic rings. The minimum Gasteiger partial charge on any atom is -0.341 e. The second-order valence-corrected chi connectivity index (χ2v) is 5.82. The average Bonchev–Trinajstić information content (AvgIpc) is 2.61. The van der Waals surface area contributed by atoms with E-state index >= 15 is 0 Å². The highest BCUT2D eigenvalue weighted by Crippen LogP contribution is 2.24. The van der Waals surface area contributed by atoms with Crippen molar-refractivity contribution in [3.8, 4) is 0 Å². The summed E-state index contributed by atoms with van der Waals surface area (Å²) >= 11 is 5.95. The van der Waals surface area contributed by atoms with Crippen LogP contribution in [0.4, 0.5) is 4.39 Å². The number of hydrogen-bond acceptors (Lipinski definition) is 1. The summed E-state index contributed by atoms with van der Waals surface area (Å²) in [5.74, 6) is -0.774. The van der Waals surface area contributed by atoms with E-state index in [0.29, 0.717) is 5.02 Å². The molecule has 0 aliphatic heterocycles. The van der Waals surface area contributed by atoms with Gasteiger partial charge < -0.3 is 5.32 Å². The lowest BCUT2D eigenvalue weighted by Crippen LogP contribution is -2.29. The topological polar surface area (TPSA) is 29.1 Å². The first-order chi connectivity index (χ1) is 11.6. The SMILES string of the molecule is O=C(N[C@@H](c1ccccc1)c1ccc(Cl)cc1)c1cccc(F)c1. The third kappa shape index (κ3) is 3.81. The van der Waals surface area contributed by atoms with E-state index in [1.54, 1.807) is 18.2 Å². The van der Waals surface area contributed by atoms with Crippen LogP contribution in [0.2, 0.25) is 5.02 Å². The fraction of sp³-hybridized carbons (Fsp3) is 0.0500. The van der Waals surface area contributed by atoms with Crippen molar-refractivity contribution in [2.45, 2.75) is 6.04 Å². The van der Waals surface area contributed by atoms with Crippen molar-refractivity contribution in [1.82, 2.24) is 5.32 Å². The van der Waals surface area contributed by atoms with E-state index in [0.717, 1.165) is 11.1 Å². The van der Waals surface area contributed by atoms with E-state index in [2.05, 4.69) is 5.32 Å². The van der Waals surface area contributed by atoms with Gasteiger partial charge in [-0.25, -0.2) is 4.39 Å². The quantitative estimate of drug-likeness (QED) is 0.712. The van der Waals surface area contributed by atoms with E-state index in [1.165, 1.54) is 18.2 Å². The van der Waals surface area contributed by atoms with Crippen LogP contribution in [0.3, 0.4) is 0 Å². The molecule has 0 saturated carbocycles. The van der Waals surface area contributed by atoms with Gasteiger partial charge in [0.05, 0.1) is 6.04 Å². The molecule has 24 heavy (non-hydrogen) atoms. The van der Waals surface area contributed by atoms with Gasteiger partial charge in [0.15, 0.2) is 0 Å². The summed E-state index contributed by atoms with van der Waals surface area (Å²) < 4.78 is 13.4. The molecule has 3 rings (SSSR count). The number of hydrogen-bond donors (Lipinski definition) is 1. The number of rotatable bonds is 4. The number of benzene rings is 3. The van der Waals surface area contributed by atoms with Crippen molar-refractivity contribution in [2.75, 3.05) is 0 Å². The maximum atomic E-state index is 13.4. The lowest BCUT2D eigenvalue weighted by Gasteiger charge is -2.20. The Labute approximate surface area is 144 Å². The first-order valence-corrected chi connectivity index (χ1v) is 7.88. The van der Waals surface area contributed by atoms with E-state index < -0.39 is 5.82 Å². The minimum absolute atomic E-state index is 0.282. The Morgan fingerprint density at radius 2 is 1.54 bits per heavy atom. The average molecular weight is 340 g/mol. The summed E-state index contributed by atoms with van der Waals surface area (Å²) in [5, 5.41) is 3.59. The third-order valence-corrected chi connectivity index (χ3v) is 3.95. The summed E-state index contributed by atoms with van der Waals surface area (Å²) in [6.45, 7) is 0. The Hall–Kier alpha value is -2.65. The van der Waals surface area contributed by atoms with Crippen LogP contribution in [0, 0.1) is 5.82 Å². The zero-order valence-electron chi connectivity index (χ0n) is 12.7. The van der Waals surface area contributed by atoms with Crippen LogP contribution in [0.15, 0.2) is 78.9 Å². The maximum Gasteiger partial charge on any atom is 0.252 e. The molecule has 0 bridgehead atoms. The second-order valence-electron chi connectivity index (χ2n) is 5.38. The Morgan fingerprint density at radius 3 is 2.21 bits per heavy atom. The lowest BCUT2D eigenvalue weighted by molar-refractivity contribution is 0.0942. The van der Waals surface area contributed by atoms with Gasteiger partial charge in [-0.15, -0.1) is 0 Å². The van der Waals surface area contributed by atoms with Gasteiger partial charge in [-0.05, 0) is 41.5 Å². The number of nitrogens with one attached hydrogen (secondary N) is 1. The normalized spacial score (nSPS) is 11.8. The van der Waals surface area contributed by atoms with Crippen molar-refractivity contribution in [3.05, 3.63) is 106 Å². The number of carbonyl (C=O) groups excluding carboxylic acids is 1. The highest BCUT2D eigenvalue weighted by Gasteiger charge is 2.18. The number of halogens is 2. The molecule has 4 heteroatoms. The van der Waals surface area contributed by atoms with Crippen LogP contribution in [-0.2, 0) is 0 Å². The Bertz CT molecular complexity index is 834. The molecule has 0 aromatic heterocycles. The standard InChI is InChI=1S/C20H15ClFNO/c21-17-11-9-15(10-12-17)19(14-5-2-1-3-6-14)23-20(24)16-7-4-8-18(22)13-16/h1-13,19H,(H,23,24)/t19-/m0/s1. The van der Waals surface area contributed by atoms with Crippen molar-refractivity contribution >= 4 is 17.5 Å². The van der Waals surface area contributed by atoms with Gasteiger partial charge in [-0.1, -0.05) is 60.1 Å². The van der Waals surface area contributed by atoms with Crippen LogP contribution in [0.25, 0.3) is 0 Å².